The molecule has 2 aromatic heterocycles. The van der Waals surface area contributed by atoms with Crippen LogP contribution in [0.25, 0.3) is 22.2 Å². The fourth-order valence-corrected chi connectivity index (χ4v) is 4.14. The van der Waals surface area contributed by atoms with Gasteiger partial charge >= 0.3 is 0 Å². The van der Waals surface area contributed by atoms with Gasteiger partial charge in [-0.15, -0.1) is 0 Å². The Hall–Kier alpha value is -3.82. The van der Waals surface area contributed by atoms with Gasteiger partial charge in [0.25, 0.3) is 5.91 Å². The summed E-state index contributed by atoms with van der Waals surface area (Å²) >= 11 is 0. The number of H-pyrrole nitrogens is 1. The minimum absolute atomic E-state index is 0.00730. The number of nitrogens with one attached hydrogen (secondary N) is 2. The van der Waals surface area contributed by atoms with E-state index in [0.717, 1.165) is 31.9 Å². The standard InChI is InChI=1S/C22H21F2N7O/c1-30-19-5-3-14(23)11-17(19)20(29-30)16-4-2-13(10-18(16)24)21(32)27-15-6-8-31(9-7-15)22-25-12-26-28-22/h2-5,10-12,15H,6-9H2,1H3,(H,27,32)(H,25,26,28). The van der Waals surface area contributed by atoms with E-state index in [9.17, 15) is 13.6 Å². The molecule has 1 aliphatic heterocycles. The number of rotatable bonds is 4. The summed E-state index contributed by atoms with van der Waals surface area (Å²) in [4.78, 5) is 18.9. The SMILES string of the molecule is Cn1nc(-c2ccc(C(=O)NC3CCN(c4ncn[nH]4)CC3)cc2F)c2cc(F)ccc21. The highest BCUT2D eigenvalue weighted by molar-refractivity contribution is 5.97. The smallest absolute Gasteiger partial charge is 0.251 e. The number of piperidine rings is 1. The predicted molar refractivity (Wildman–Crippen MR) is 115 cm³/mol. The minimum atomic E-state index is -0.581. The Morgan fingerprint density at radius 3 is 2.69 bits per heavy atom. The second-order valence-corrected chi connectivity index (χ2v) is 7.87. The van der Waals surface area contributed by atoms with Gasteiger partial charge in [0.2, 0.25) is 5.95 Å². The summed E-state index contributed by atoms with van der Waals surface area (Å²) in [5, 5.41) is 14.5. The topological polar surface area (TPSA) is 91.7 Å². The number of aryl methyl sites for hydroxylation is 1. The molecule has 32 heavy (non-hydrogen) atoms. The zero-order valence-electron chi connectivity index (χ0n) is 17.3. The summed E-state index contributed by atoms with van der Waals surface area (Å²) < 4.78 is 30.3. The van der Waals surface area contributed by atoms with Crippen molar-refractivity contribution in [1.29, 1.82) is 0 Å². The van der Waals surface area contributed by atoms with Crippen molar-refractivity contribution in [2.45, 2.75) is 18.9 Å². The molecule has 2 N–H and O–H groups in total. The van der Waals surface area contributed by atoms with E-state index in [0.29, 0.717) is 16.6 Å². The molecule has 0 bridgehead atoms. The number of benzene rings is 2. The van der Waals surface area contributed by atoms with Gasteiger partial charge in [0, 0.05) is 42.7 Å². The fraction of sp³-hybridized carbons (Fsp3) is 0.273. The number of hydrogen-bond acceptors (Lipinski definition) is 5. The molecule has 5 rings (SSSR count). The Labute approximate surface area is 182 Å². The first-order valence-electron chi connectivity index (χ1n) is 10.3. The highest BCUT2D eigenvalue weighted by Crippen LogP contribution is 2.30. The van der Waals surface area contributed by atoms with E-state index in [-0.39, 0.29) is 23.1 Å². The lowest BCUT2D eigenvalue weighted by Crippen LogP contribution is -2.45. The van der Waals surface area contributed by atoms with Crippen LogP contribution in [0.4, 0.5) is 14.7 Å². The van der Waals surface area contributed by atoms with Crippen LogP contribution in [0.2, 0.25) is 0 Å². The molecule has 3 heterocycles. The number of anilines is 1. The summed E-state index contributed by atoms with van der Waals surface area (Å²) in [6.45, 7) is 1.47. The van der Waals surface area contributed by atoms with E-state index >= 15 is 0 Å². The van der Waals surface area contributed by atoms with Crippen molar-refractivity contribution in [1.82, 2.24) is 30.3 Å². The Morgan fingerprint density at radius 1 is 1.16 bits per heavy atom. The van der Waals surface area contributed by atoms with Crippen LogP contribution in [0.3, 0.4) is 0 Å². The first-order chi connectivity index (χ1) is 15.5. The maximum atomic E-state index is 15.0. The quantitative estimate of drug-likeness (QED) is 0.512. The average Bonchev–Trinajstić information content (AvgIpc) is 3.43. The van der Waals surface area contributed by atoms with E-state index in [2.05, 4.69) is 30.5 Å². The molecule has 164 valence electrons. The van der Waals surface area contributed by atoms with Crippen molar-refractivity contribution in [3.05, 3.63) is 59.9 Å². The van der Waals surface area contributed by atoms with Crippen molar-refractivity contribution in [2.24, 2.45) is 7.05 Å². The second kappa shape index (κ2) is 8.03. The molecule has 0 spiro atoms. The van der Waals surface area contributed by atoms with Gasteiger partial charge in [-0.05, 0) is 49.2 Å². The van der Waals surface area contributed by atoms with E-state index < -0.39 is 11.6 Å². The molecule has 1 amide bonds. The highest BCUT2D eigenvalue weighted by atomic mass is 19.1. The third kappa shape index (κ3) is 3.68. The molecule has 1 aliphatic rings. The van der Waals surface area contributed by atoms with Crippen molar-refractivity contribution in [3.8, 4) is 11.3 Å². The average molecular weight is 437 g/mol. The number of halogens is 2. The Morgan fingerprint density at radius 2 is 1.97 bits per heavy atom. The molecule has 2 aromatic carbocycles. The maximum absolute atomic E-state index is 15.0. The Bertz CT molecular complexity index is 1280. The zero-order chi connectivity index (χ0) is 22.2. The van der Waals surface area contributed by atoms with Crippen LogP contribution in [0.5, 0.6) is 0 Å². The normalized spacial score (nSPS) is 14.8. The molecular formula is C22H21F2N7O. The fourth-order valence-electron chi connectivity index (χ4n) is 4.14. The summed E-state index contributed by atoms with van der Waals surface area (Å²) in [5.41, 5.74) is 1.49. The van der Waals surface area contributed by atoms with Gasteiger partial charge in [-0.1, -0.05) is 0 Å². The third-order valence-corrected chi connectivity index (χ3v) is 5.83. The molecule has 8 nitrogen and oxygen atoms in total. The first-order valence-corrected chi connectivity index (χ1v) is 10.3. The zero-order valence-corrected chi connectivity index (χ0v) is 17.3. The molecule has 10 heteroatoms. The number of carbonyl (C=O) groups excluding carboxylic acids is 1. The Kier molecular flexibility index (Phi) is 5.04. The van der Waals surface area contributed by atoms with Crippen LogP contribution in [0.15, 0.2) is 42.7 Å². The molecule has 0 radical (unpaired) electrons. The molecule has 0 saturated carbocycles. The van der Waals surface area contributed by atoms with Gasteiger partial charge in [0.1, 0.15) is 23.7 Å². The second-order valence-electron chi connectivity index (χ2n) is 7.87. The number of carbonyl (C=O) groups is 1. The summed E-state index contributed by atoms with van der Waals surface area (Å²) in [6.07, 6.45) is 2.96. The lowest BCUT2D eigenvalue weighted by Gasteiger charge is -2.31. The van der Waals surface area contributed by atoms with Crippen LogP contribution >= 0.6 is 0 Å². The van der Waals surface area contributed by atoms with Gasteiger partial charge in [0.05, 0.1) is 5.52 Å². The van der Waals surface area contributed by atoms with E-state index in [1.807, 2.05) is 0 Å². The van der Waals surface area contributed by atoms with E-state index in [1.54, 1.807) is 23.9 Å². The lowest BCUT2D eigenvalue weighted by molar-refractivity contribution is 0.0930. The van der Waals surface area contributed by atoms with Crippen LogP contribution in [0, 0.1) is 11.6 Å². The molecule has 0 aliphatic carbocycles. The summed E-state index contributed by atoms with van der Waals surface area (Å²) in [5.74, 6) is -0.612. The minimum Gasteiger partial charge on any atom is -0.349 e. The van der Waals surface area contributed by atoms with Crippen molar-refractivity contribution < 1.29 is 13.6 Å². The van der Waals surface area contributed by atoms with E-state index in [1.165, 1.54) is 30.6 Å². The highest BCUT2D eigenvalue weighted by Gasteiger charge is 2.23. The largest absolute Gasteiger partial charge is 0.349 e. The van der Waals surface area contributed by atoms with Crippen molar-refractivity contribution >= 4 is 22.8 Å². The van der Waals surface area contributed by atoms with Gasteiger partial charge in [-0.3, -0.25) is 9.48 Å². The molecule has 1 fully saturated rings. The van der Waals surface area contributed by atoms with Crippen molar-refractivity contribution in [2.75, 3.05) is 18.0 Å². The number of aromatic nitrogens is 5. The van der Waals surface area contributed by atoms with Gasteiger partial charge < -0.3 is 10.2 Å². The molecule has 1 saturated heterocycles. The maximum Gasteiger partial charge on any atom is 0.251 e. The summed E-state index contributed by atoms with van der Waals surface area (Å²) in [6, 6.07) is 8.56. The lowest BCUT2D eigenvalue weighted by atomic mass is 10.0. The molecular weight excluding hydrogens is 416 g/mol. The van der Waals surface area contributed by atoms with Crippen LogP contribution in [-0.2, 0) is 7.05 Å². The molecule has 0 unspecified atom stereocenters. The van der Waals surface area contributed by atoms with Gasteiger partial charge in [0.15, 0.2) is 0 Å². The van der Waals surface area contributed by atoms with Crippen LogP contribution in [0.1, 0.15) is 23.2 Å². The summed E-state index contributed by atoms with van der Waals surface area (Å²) in [7, 11) is 1.72. The van der Waals surface area contributed by atoms with E-state index in [4.69, 9.17) is 0 Å². The number of aromatic amines is 1. The number of amides is 1. The monoisotopic (exact) mass is 437 g/mol. The Balaban J connectivity index is 1.31. The van der Waals surface area contributed by atoms with Crippen molar-refractivity contribution in [3.63, 3.8) is 0 Å². The number of fused-ring (bicyclic) bond motifs is 1. The van der Waals surface area contributed by atoms with Gasteiger partial charge in [-0.2, -0.15) is 15.2 Å². The van der Waals surface area contributed by atoms with Crippen LogP contribution in [-0.4, -0.2) is 50.0 Å². The van der Waals surface area contributed by atoms with Crippen LogP contribution < -0.4 is 10.2 Å². The number of nitrogens with zero attached hydrogens (tertiary/aromatic N) is 5. The first kappa shape index (κ1) is 20.1. The third-order valence-electron chi connectivity index (χ3n) is 5.83. The molecule has 4 aromatic rings. The molecule has 0 atom stereocenters. The van der Waals surface area contributed by atoms with Gasteiger partial charge in [-0.25, -0.2) is 13.9 Å². The predicted octanol–water partition coefficient (Wildman–Crippen LogP) is 3.04. The number of hydrogen-bond donors (Lipinski definition) is 2.